The predicted molar refractivity (Wildman–Crippen MR) is 102 cm³/mol. The summed E-state index contributed by atoms with van der Waals surface area (Å²) in [6, 6.07) is 12.8. The van der Waals surface area contributed by atoms with Crippen LogP contribution >= 0.6 is 39.0 Å². The van der Waals surface area contributed by atoms with E-state index in [0.29, 0.717) is 4.47 Å². The summed E-state index contributed by atoms with van der Waals surface area (Å²) in [7, 11) is 0. The van der Waals surface area contributed by atoms with Crippen LogP contribution < -0.4 is 5.43 Å². The van der Waals surface area contributed by atoms with E-state index < -0.39 is 0 Å². The van der Waals surface area contributed by atoms with Gasteiger partial charge in [0, 0.05) is 0 Å². The van der Waals surface area contributed by atoms with E-state index in [1.165, 1.54) is 18.0 Å². The van der Waals surface area contributed by atoms with Gasteiger partial charge in [0.05, 0.1) is 26.7 Å². The van der Waals surface area contributed by atoms with Crippen LogP contribution in [-0.2, 0) is 4.79 Å². The van der Waals surface area contributed by atoms with Gasteiger partial charge in [-0.25, -0.2) is 10.4 Å². The summed E-state index contributed by atoms with van der Waals surface area (Å²) in [6.07, 6.45) is 1.52. The Labute approximate surface area is 154 Å². The number of thioether (sulfide) groups is 1. The molecule has 0 unspecified atom stereocenters. The number of phenols is 1. The van der Waals surface area contributed by atoms with Crippen molar-refractivity contribution in [3.8, 4) is 5.75 Å². The summed E-state index contributed by atoms with van der Waals surface area (Å²) in [6.45, 7) is 0. The van der Waals surface area contributed by atoms with Crippen LogP contribution in [-0.4, -0.2) is 28.0 Å². The van der Waals surface area contributed by atoms with E-state index in [-0.39, 0.29) is 17.4 Å². The maximum absolute atomic E-state index is 11.8. The van der Waals surface area contributed by atoms with E-state index in [9.17, 15) is 9.90 Å². The maximum atomic E-state index is 11.8. The molecule has 0 saturated heterocycles. The van der Waals surface area contributed by atoms with Gasteiger partial charge in [0.1, 0.15) is 5.75 Å². The topological polar surface area (TPSA) is 74.6 Å². The molecule has 3 rings (SSSR count). The third kappa shape index (κ3) is 4.34. The number of benzene rings is 2. The Morgan fingerprint density at radius 1 is 1.38 bits per heavy atom. The van der Waals surface area contributed by atoms with E-state index in [4.69, 9.17) is 0 Å². The number of carbonyl (C=O) groups excluding carboxylic acids is 1. The average molecular weight is 422 g/mol. The fourth-order valence-electron chi connectivity index (χ4n) is 1.85. The first-order valence-electron chi connectivity index (χ1n) is 6.90. The number of aromatic nitrogens is 1. The van der Waals surface area contributed by atoms with Crippen molar-refractivity contribution in [2.24, 2.45) is 5.10 Å². The number of phenolic OH excluding ortho intramolecular Hbond substituents is 1. The van der Waals surface area contributed by atoms with Gasteiger partial charge in [0.25, 0.3) is 5.91 Å². The lowest BCUT2D eigenvalue weighted by atomic mass is 10.2. The molecule has 0 aliphatic rings. The molecule has 1 aromatic heterocycles. The minimum atomic E-state index is -0.201. The second-order valence-electron chi connectivity index (χ2n) is 4.74. The molecule has 122 valence electrons. The van der Waals surface area contributed by atoms with Gasteiger partial charge in [-0.2, -0.15) is 5.10 Å². The molecule has 1 amide bonds. The highest BCUT2D eigenvalue weighted by atomic mass is 79.9. The second kappa shape index (κ2) is 7.78. The van der Waals surface area contributed by atoms with E-state index in [1.54, 1.807) is 29.5 Å². The van der Waals surface area contributed by atoms with Gasteiger partial charge >= 0.3 is 0 Å². The monoisotopic (exact) mass is 421 g/mol. The van der Waals surface area contributed by atoms with E-state index >= 15 is 0 Å². The first-order chi connectivity index (χ1) is 11.6. The Bertz CT molecular complexity index is 878. The van der Waals surface area contributed by atoms with Crippen molar-refractivity contribution in [1.29, 1.82) is 0 Å². The zero-order chi connectivity index (χ0) is 16.9. The zero-order valence-corrected chi connectivity index (χ0v) is 15.5. The number of nitrogens with zero attached hydrogens (tertiary/aromatic N) is 2. The number of thiazole rings is 1. The lowest BCUT2D eigenvalue weighted by molar-refractivity contribution is -0.118. The molecular formula is C16H12BrN3O2S2. The average Bonchev–Trinajstić information content (AvgIpc) is 2.99. The molecule has 0 radical (unpaired) electrons. The summed E-state index contributed by atoms with van der Waals surface area (Å²) in [5.74, 6) is 0.202. The third-order valence-electron chi connectivity index (χ3n) is 2.98. The fraction of sp³-hybridized carbons (Fsp3) is 0.0625. The van der Waals surface area contributed by atoms with Crippen LogP contribution in [0.4, 0.5) is 0 Å². The highest BCUT2D eigenvalue weighted by Crippen LogP contribution is 2.29. The Balaban J connectivity index is 1.51. The minimum Gasteiger partial charge on any atom is -0.507 e. The van der Waals surface area contributed by atoms with Crippen molar-refractivity contribution in [2.45, 2.75) is 4.34 Å². The number of para-hydroxylation sites is 1. The summed E-state index contributed by atoms with van der Waals surface area (Å²) in [4.78, 5) is 16.3. The SMILES string of the molecule is O=C(CSc1nc2ccccc2s1)NN=Cc1ccc(O)c(Br)c1. The van der Waals surface area contributed by atoms with Crippen LogP contribution in [0.3, 0.4) is 0 Å². The van der Waals surface area contributed by atoms with Crippen molar-refractivity contribution in [2.75, 3.05) is 5.75 Å². The van der Waals surface area contributed by atoms with Crippen molar-refractivity contribution < 1.29 is 9.90 Å². The zero-order valence-electron chi connectivity index (χ0n) is 12.3. The van der Waals surface area contributed by atoms with Gasteiger partial charge in [-0.15, -0.1) is 11.3 Å². The third-order valence-corrected chi connectivity index (χ3v) is 5.79. The summed E-state index contributed by atoms with van der Waals surface area (Å²) in [5, 5.41) is 13.3. The lowest BCUT2D eigenvalue weighted by Gasteiger charge is -1.99. The number of hydrazone groups is 1. The number of hydrogen-bond acceptors (Lipinski definition) is 6. The van der Waals surface area contributed by atoms with Gasteiger partial charge < -0.3 is 5.11 Å². The van der Waals surface area contributed by atoms with Crippen LogP contribution in [0.15, 0.2) is 56.4 Å². The summed E-state index contributed by atoms with van der Waals surface area (Å²) >= 11 is 6.18. The molecule has 0 aliphatic carbocycles. The lowest BCUT2D eigenvalue weighted by Crippen LogP contribution is -2.19. The van der Waals surface area contributed by atoms with Gasteiger partial charge in [-0.1, -0.05) is 23.9 Å². The molecule has 2 N–H and O–H groups in total. The van der Waals surface area contributed by atoms with Crippen LogP contribution in [0.1, 0.15) is 5.56 Å². The first-order valence-corrected chi connectivity index (χ1v) is 9.50. The molecule has 2 aromatic carbocycles. The van der Waals surface area contributed by atoms with Gasteiger partial charge in [-0.05, 0) is 51.8 Å². The minimum absolute atomic E-state index is 0.156. The van der Waals surface area contributed by atoms with Crippen molar-refractivity contribution in [1.82, 2.24) is 10.4 Å². The highest BCUT2D eigenvalue weighted by Gasteiger charge is 2.07. The predicted octanol–water partition coefficient (Wildman–Crippen LogP) is 4.01. The molecular weight excluding hydrogens is 410 g/mol. The number of fused-ring (bicyclic) bond motifs is 1. The summed E-state index contributed by atoms with van der Waals surface area (Å²) in [5.41, 5.74) is 4.19. The molecule has 24 heavy (non-hydrogen) atoms. The normalized spacial score (nSPS) is 11.2. The molecule has 0 spiro atoms. The van der Waals surface area contributed by atoms with Crippen molar-refractivity contribution in [3.05, 3.63) is 52.5 Å². The smallest absolute Gasteiger partial charge is 0.250 e. The van der Waals surface area contributed by atoms with E-state index in [0.717, 1.165) is 20.1 Å². The number of halogens is 1. The van der Waals surface area contributed by atoms with Crippen LogP contribution in [0, 0.1) is 0 Å². The van der Waals surface area contributed by atoms with Crippen LogP contribution in [0.25, 0.3) is 10.2 Å². The van der Waals surface area contributed by atoms with Crippen LogP contribution in [0.2, 0.25) is 0 Å². The van der Waals surface area contributed by atoms with Gasteiger partial charge in [-0.3, -0.25) is 4.79 Å². The second-order valence-corrected chi connectivity index (χ2v) is 7.85. The molecule has 5 nitrogen and oxygen atoms in total. The molecule has 0 aliphatic heterocycles. The van der Waals surface area contributed by atoms with Crippen molar-refractivity contribution in [3.63, 3.8) is 0 Å². The van der Waals surface area contributed by atoms with Crippen molar-refractivity contribution >= 4 is 61.4 Å². The standard InChI is InChI=1S/C16H12BrN3O2S2/c17-11-7-10(5-6-13(11)21)8-18-20-15(22)9-23-16-19-12-3-1-2-4-14(12)24-16/h1-8,21H,9H2,(H,20,22). The molecule has 8 heteroatoms. The molecule has 3 aromatic rings. The van der Waals surface area contributed by atoms with Gasteiger partial charge in [0.15, 0.2) is 4.34 Å². The number of nitrogens with one attached hydrogen (secondary N) is 1. The number of rotatable bonds is 5. The van der Waals surface area contributed by atoms with Crippen LogP contribution in [0.5, 0.6) is 5.75 Å². The maximum Gasteiger partial charge on any atom is 0.250 e. The van der Waals surface area contributed by atoms with E-state index in [2.05, 4.69) is 31.4 Å². The Morgan fingerprint density at radius 2 is 2.21 bits per heavy atom. The molecule has 0 fully saturated rings. The molecule has 0 saturated carbocycles. The van der Waals surface area contributed by atoms with Gasteiger partial charge in [0.2, 0.25) is 0 Å². The number of amides is 1. The Kier molecular flexibility index (Phi) is 5.49. The van der Waals surface area contributed by atoms with E-state index in [1.807, 2.05) is 24.3 Å². The Morgan fingerprint density at radius 3 is 3.00 bits per heavy atom. The molecule has 0 atom stereocenters. The summed E-state index contributed by atoms with van der Waals surface area (Å²) < 4.78 is 2.54. The number of aromatic hydroxyl groups is 1. The highest BCUT2D eigenvalue weighted by molar-refractivity contribution is 9.10. The Hall–Kier alpha value is -1.90. The largest absolute Gasteiger partial charge is 0.507 e. The number of hydrogen-bond donors (Lipinski definition) is 2. The molecule has 0 bridgehead atoms. The fourth-order valence-corrected chi connectivity index (χ4v) is 4.11. The quantitative estimate of drug-likeness (QED) is 0.370. The molecule has 1 heterocycles. The number of carbonyl (C=O) groups is 1. The first kappa shape index (κ1) is 16.9.